The van der Waals surface area contributed by atoms with Gasteiger partial charge in [-0.2, -0.15) is 5.10 Å². The lowest BCUT2D eigenvalue weighted by Gasteiger charge is -2.32. The highest BCUT2D eigenvalue weighted by Gasteiger charge is 2.17. The van der Waals surface area contributed by atoms with E-state index in [0.29, 0.717) is 5.56 Å². The van der Waals surface area contributed by atoms with Crippen LogP contribution in [0.15, 0.2) is 30.5 Å². The molecule has 1 aromatic heterocycles. The number of rotatable bonds is 5. The number of carbonyl (C=O) groups excluding carboxylic acids is 1. The van der Waals surface area contributed by atoms with Gasteiger partial charge in [-0.3, -0.25) is 14.8 Å². The fraction of sp³-hybridized carbons (Fsp3) is 0.353. The van der Waals surface area contributed by atoms with Gasteiger partial charge in [0.25, 0.3) is 5.91 Å². The molecule has 8 nitrogen and oxygen atoms in total. The van der Waals surface area contributed by atoms with E-state index in [1.165, 1.54) is 6.20 Å². The normalized spacial score (nSPS) is 15.9. The van der Waals surface area contributed by atoms with E-state index in [1.807, 2.05) is 18.2 Å². The molecule has 1 aromatic carbocycles. The number of nitrogens with zero attached hydrogens (tertiary/aromatic N) is 3. The molecule has 0 spiro atoms. The monoisotopic (exact) mass is 343 g/mol. The quantitative estimate of drug-likeness (QED) is 0.752. The Morgan fingerprint density at radius 3 is 2.76 bits per heavy atom. The highest BCUT2D eigenvalue weighted by Crippen LogP contribution is 2.15. The zero-order chi connectivity index (χ0) is 17.8. The summed E-state index contributed by atoms with van der Waals surface area (Å²) in [6.07, 6.45) is 1.29. The van der Waals surface area contributed by atoms with Gasteiger partial charge in [0.1, 0.15) is 0 Å². The van der Waals surface area contributed by atoms with E-state index in [0.717, 1.165) is 38.3 Å². The number of hydrogen-bond donors (Lipinski definition) is 3. The Kier molecular flexibility index (Phi) is 5.11. The first kappa shape index (κ1) is 17.1. The molecule has 3 N–H and O–H groups in total. The van der Waals surface area contributed by atoms with Gasteiger partial charge in [-0.25, -0.2) is 4.79 Å². The van der Waals surface area contributed by atoms with Gasteiger partial charge in [-0.1, -0.05) is 12.1 Å². The van der Waals surface area contributed by atoms with Crippen LogP contribution in [-0.4, -0.2) is 70.2 Å². The van der Waals surface area contributed by atoms with Gasteiger partial charge >= 0.3 is 5.97 Å². The summed E-state index contributed by atoms with van der Waals surface area (Å²) in [5.41, 5.74) is 1.57. The molecule has 0 bridgehead atoms. The number of nitrogens with one attached hydrogen (secondary N) is 2. The highest BCUT2D eigenvalue weighted by molar-refractivity contribution is 6.07. The molecule has 0 unspecified atom stereocenters. The van der Waals surface area contributed by atoms with E-state index < -0.39 is 5.97 Å². The van der Waals surface area contributed by atoms with Gasteiger partial charge in [-0.15, -0.1) is 0 Å². The number of carboxylic acids is 1. The van der Waals surface area contributed by atoms with E-state index in [1.54, 1.807) is 6.07 Å². The summed E-state index contributed by atoms with van der Waals surface area (Å²) in [7, 11) is 2.11. The molecule has 132 valence electrons. The van der Waals surface area contributed by atoms with Crippen LogP contribution in [-0.2, 0) is 6.54 Å². The number of piperazine rings is 1. The van der Waals surface area contributed by atoms with Crippen molar-refractivity contribution in [1.82, 2.24) is 20.0 Å². The minimum absolute atomic E-state index is 0.137. The maximum atomic E-state index is 12.4. The van der Waals surface area contributed by atoms with Crippen molar-refractivity contribution in [2.75, 3.05) is 38.5 Å². The molecule has 1 fully saturated rings. The van der Waals surface area contributed by atoms with Gasteiger partial charge in [0, 0.05) is 38.3 Å². The molecule has 25 heavy (non-hydrogen) atoms. The number of aromatic carboxylic acids is 1. The Morgan fingerprint density at radius 1 is 1.28 bits per heavy atom. The number of carboxylic acid groups (broad SMARTS) is 1. The molecular weight excluding hydrogens is 322 g/mol. The smallest absolute Gasteiger partial charge is 0.356 e. The fourth-order valence-corrected chi connectivity index (χ4v) is 2.81. The minimum Gasteiger partial charge on any atom is -0.476 e. The number of hydrogen-bond acceptors (Lipinski definition) is 5. The van der Waals surface area contributed by atoms with Crippen molar-refractivity contribution in [3.05, 3.63) is 47.3 Å². The lowest BCUT2D eigenvalue weighted by Crippen LogP contribution is -2.43. The molecule has 2 aromatic rings. The predicted octanol–water partition coefficient (Wildman–Crippen LogP) is 1.11. The maximum Gasteiger partial charge on any atom is 0.356 e. The maximum absolute atomic E-state index is 12.4. The van der Waals surface area contributed by atoms with E-state index in [2.05, 4.69) is 32.4 Å². The van der Waals surface area contributed by atoms with Crippen molar-refractivity contribution < 1.29 is 14.7 Å². The summed E-state index contributed by atoms with van der Waals surface area (Å²) in [6, 6.07) is 7.39. The van der Waals surface area contributed by atoms with Gasteiger partial charge in [0.05, 0.1) is 11.9 Å². The van der Waals surface area contributed by atoms with Gasteiger partial charge in [0.15, 0.2) is 5.69 Å². The summed E-state index contributed by atoms with van der Waals surface area (Å²) in [5, 5.41) is 17.7. The lowest BCUT2D eigenvalue weighted by molar-refractivity contribution is 0.0691. The Hall–Kier alpha value is -2.71. The Morgan fingerprint density at radius 2 is 2.04 bits per heavy atom. The molecule has 0 atom stereocenters. The third-order valence-electron chi connectivity index (χ3n) is 4.29. The highest BCUT2D eigenvalue weighted by atomic mass is 16.4. The van der Waals surface area contributed by atoms with Crippen molar-refractivity contribution in [3.8, 4) is 0 Å². The second-order valence-electron chi connectivity index (χ2n) is 6.20. The number of aromatic nitrogens is 2. The average molecular weight is 343 g/mol. The standard InChI is InChI=1S/C17H21N5O3/c1-21-5-7-22(8-6-21)11-12-3-2-4-13(9-12)16(23)19-14-10-18-20-15(14)17(24)25/h2-4,9-10H,5-8,11H2,1H3,(H,18,20)(H,19,23)(H,24,25). The van der Waals surface area contributed by atoms with Gasteiger partial charge in [0.2, 0.25) is 0 Å². The third kappa shape index (κ3) is 4.23. The second kappa shape index (κ2) is 7.45. The summed E-state index contributed by atoms with van der Waals surface area (Å²) in [6.45, 7) is 4.88. The van der Waals surface area contributed by atoms with Crippen LogP contribution in [0.5, 0.6) is 0 Å². The molecule has 1 aliphatic heterocycles. The van der Waals surface area contributed by atoms with Crippen molar-refractivity contribution >= 4 is 17.6 Å². The molecule has 2 heterocycles. The Balaban J connectivity index is 1.67. The Labute approximate surface area is 145 Å². The van der Waals surface area contributed by atoms with Crippen molar-refractivity contribution in [1.29, 1.82) is 0 Å². The third-order valence-corrected chi connectivity index (χ3v) is 4.29. The van der Waals surface area contributed by atoms with E-state index in [-0.39, 0.29) is 17.3 Å². The first-order valence-corrected chi connectivity index (χ1v) is 8.11. The molecule has 0 saturated carbocycles. The van der Waals surface area contributed by atoms with Crippen LogP contribution < -0.4 is 5.32 Å². The largest absolute Gasteiger partial charge is 0.476 e. The molecule has 1 amide bonds. The number of carbonyl (C=O) groups is 2. The molecule has 1 aliphatic rings. The predicted molar refractivity (Wildman–Crippen MR) is 92.7 cm³/mol. The van der Waals surface area contributed by atoms with Crippen LogP contribution in [0.4, 0.5) is 5.69 Å². The summed E-state index contributed by atoms with van der Waals surface area (Å²) in [4.78, 5) is 28.1. The molecular formula is C17H21N5O3. The Bertz CT molecular complexity index is 765. The van der Waals surface area contributed by atoms with Gasteiger partial charge < -0.3 is 15.3 Å². The van der Waals surface area contributed by atoms with Crippen molar-refractivity contribution in [2.45, 2.75) is 6.54 Å². The van der Waals surface area contributed by atoms with Crippen molar-refractivity contribution in [2.24, 2.45) is 0 Å². The summed E-state index contributed by atoms with van der Waals surface area (Å²) in [5.74, 6) is -1.53. The number of benzene rings is 1. The SMILES string of the molecule is CN1CCN(Cc2cccc(C(=O)Nc3cn[nH]c3C(=O)O)c2)CC1. The van der Waals surface area contributed by atoms with Gasteiger partial charge in [-0.05, 0) is 24.7 Å². The van der Waals surface area contributed by atoms with Crippen LogP contribution in [0.3, 0.4) is 0 Å². The topological polar surface area (TPSA) is 102 Å². The average Bonchev–Trinajstić information content (AvgIpc) is 3.05. The van der Waals surface area contributed by atoms with Crippen LogP contribution in [0.2, 0.25) is 0 Å². The van der Waals surface area contributed by atoms with Crippen LogP contribution in [0, 0.1) is 0 Å². The summed E-state index contributed by atoms with van der Waals surface area (Å²) >= 11 is 0. The first-order chi connectivity index (χ1) is 12.0. The zero-order valence-electron chi connectivity index (χ0n) is 14.0. The van der Waals surface area contributed by atoms with Crippen molar-refractivity contribution in [3.63, 3.8) is 0 Å². The second-order valence-corrected chi connectivity index (χ2v) is 6.20. The number of likely N-dealkylation sites (N-methyl/N-ethyl adjacent to an activating group) is 1. The lowest BCUT2D eigenvalue weighted by atomic mass is 10.1. The number of aromatic amines is 1. The minimum atomic E-state index is -1.17. The van der Waals surface area contributed by atoms with Crippen LogP contribution in [0.1, 0.15) is 26.4 Å². The number of H-pyrrole nitrogens is 1. The molecule has 3 rings (SSSR count). The molecule has 0 radical (unpaired) electrons. The summed E-state index contributed by atoms with van der Waals surface area (Å²) < 4.78 is 0. The van der Waals surface area contributed by atoms with E-state index >= 15 is 0 Å². The van der Waals surface area contributed by atoms with E-state index in [4.69, 9.17) is 5.11 Å². The van der Waals surface area contributed by atoms with E-state index in [9.17, 15) is 9.59 Å². The molecule has 8 heteroatoms. The fourth-order valence-electron chi connectivity index (χ4n) is 2.81. The number of amides is 1. The van der Waals surface area contributed by atoms with Crippen LogP contribution >= 0.6 is 0 Å². The first-order valence-electron chi connectivity index (χ1n) is 8.11. The molecule has 1 saturated heterocycles. The number of anilines is 1. The molecule has 0 aliphatic carbocycles. The van der Waals surface area contributed by atoms with Crippen LogP contribution in [0.25, 0.3) is 0 Å². The zero-order valence-corrected chi connectivity index (χ0v) is 14.0.